The summed E-state index contributed by atoms with van der Waals surface area (Å²) in [6, 6.07) is 12.3. The third-order valence-corrected chi connectivity index (χ3v) is 5.57. The summed E-state index contributed by atoms with van der Waals surface area (Å²) in [5, 5.41) is 0. The highest BCUT2D eigenvalue weighted by Crippen LogP contribution is 2.16. The number of halogens is 1. The highest BCUT2D eigenvalue weighted by atomic mass is 32.2. The maximum Gasteiger partial charge on any atom is 0.240 e. The minimum Gasteiger partial charge on any atom is -0.315 e. The second-order valence-electron chi connectivity index (χ2n) is 6.82. The quantitative estimate of drug-likeness (QED) is 0.749. The number of sulfonamides is 1. The van der Waals surface area contributed by atoms with E-state index in [4.69, 9.17) is 0 Å². The van der Waals surface area contributed by atoms with Gasteiger partial charge in [-0.25, -0.2) is 17.5 Å². The molecule has 0 atom stereocenters. The van der Waals surface area contributed by atoms with Gasteiger partial charge in [-0.05, 0) is 54.3 Å². The zero-order valence-electron chi connectivity index (χ0n) is 15.8. The summed E-state index contributed by atoms with van der Waals surface area (Å²) >= 11 is 0. The molecule has 2 aromatic carbocycles. The van der Waals surface area contributed by atoms with Gasteiger partial charge in [0.25, 0.3) is 0 Å². The molecule has 0 aliphatic carbocycles. The van der Waals surface area contributed by atoms with Crippen molar-refractivity contribution in [3.05, 3.63) is 59.9 Å². The van der Waals surface area contributed by atoms with E-state index in [9.17, 15) is 17.6 Å². The van der Waals surface area contributed by atoms with Crippen LogP contribution in [0.4, 0.5) is 10.1 Å². The number of aryl methyl sites for hydroxylation is 1. The molecule has 0 radical (unpaired) electrons. The third kappa shape index (κ3) is 6.15. The van der Waals surface area contributed by atoms with Crippen molar-refractivity contribution in [2.75, 3.05) is 18.5 Å². The number of amides is 1. The van der Waals surface area contributed by atoms with Crippen molar-refractivity contribution < 1.29 is 17.6 Å². The fourth-order valence-corrected chi connectivity index (χ4v) is 3.64. The molecule has 0 aromatic heterocycles. The van der Waals surface area contributed by atoms with Gasteiger partial charge >= 0.3 is 0 Å². The van der Waals surface area contributed by atoms with Crippen LogP contribution in [-0.4, -0.2) is 27.9 Å². The second-order valence-corrected chi connectivity index (χ2v) is 8.59. The van der Waals surface area contributed by atoms with Crippen molar-refractivity contribution in [2.45, 2.75) is 31.6 Å². The molecule has 2 aromatic rings. The van der Waals surface area contributed by atoms with Gasteiger partial charge in [-0.15, -0.1) is 0 Å². The molecule has 0 saturated heterocycles. The van der Waals surface area contributed by atoms with Gasteiger partial charge in [0.2, 0.25) is 15.9 Å². The monoisotopic (exact) mass is 392 g/mol. The Bertz CT molecular complexity index is 863. The molecule has 1 amide bonds. The van der Waals surface area contributed by atoms with E-state index < -0.39 is 10.0 Å². The first kappa shape index (κ1) is 21.1. The van der Waals surface area contributed by atoms with Crippen LogP contribution in [0, 0.1) is 11.7 Å². The Balaban J connectivity index is 1.94. The molecule has 5 nitrogen and oxygen atoms in total. The molecule has 0 aliphatic rings. The first-order chi connectivity index (χ1) is 12.7. The van der Waals surface area contributed by atoms with Crippen LogP contribution in [0.5, 0.6) is 0 Å². The number of carbonyl (C=O) groups is 1. The van der Waals surface area contributed by atoms with Gasteiger partial charge in [0.05, 0.1) is 4.90 Å². The van der Waals surface area contributed by atoms with Gasteiger partial charge in [-0.2, -0.15) is 0 Å². The van der Waals surface area contributed by atoms with Crippen LogP contribution < -0.4 is 9.62 Å². The van der Waals surface area contributed by atoms with E-state index in [1.54, 1.807) is 43.4 Å². The average molecular weight is 392 g/mol. The smallest absolute Gasteiger partial charge is 0.240 e. The summed E-state index contributed by atoms with van der Waals surface area (Å²) in [6.45, 7) is 4.26. The van der Waals surface area contributed by atoms with Crippen LogP contribution in [0.3, 0.4) is 0 Å². The molecule has 0 aliphatic heterocycles. The Morgan fingerprint density at radius 3 is 2.22 bits per heavy atom. The van der Waals surface area contributed by atoms with Crippen LogP contribution in [0.2, 0.25) is 0 Å². The number of rotatable bonds is 8. The first-order valence-corrected chi connectivity index (χ1v) is 10.3. The Kier molecular flexibility index (Phi) is 7.10. The SMILES string of the molecule is CC(C)CNS(=O)(=O)c1ccc(CCC(=O)N(C)c2ccc(F)cc2)cc1. The molecular weight excluding hydrogens is 367 g/mol. The third-order valence-electron chi connectivity index (χ3n) is 4.13. The van der Waals surface area contributed by atoms with E-state index >= 15 is 0 Å². The Morgan fingerprint density at radius 1 is 1.07 bits per heavy atom. The molecule has 0 heterocycles. The summed E-state index contributed by atoms with van der Waals surface area (Å²) in [7, 11) is -1.87. The fraction of sp³-hybridized carbons (Fsp3) is 0.350. The Hall–Kier alpha value is -2.25. The van der Waals surface area contributed by atoms with Crippen molar-refractivity contribution in [3.8, 4) is 0 Å². The van der Waals surface area contributed by atoms with Gasteiger partial charge in [0.15, 0.2) is 0 Å². The molecular formula is C20H25FN2O3S. The molecule has 2 rings (SSSR count). The molecule has 27 heavy (non-hydrogen) atoms. The van der Waals surface area contributed by atoms with Crippen LogP contribution in [0.15, 0.2) is 53.4 Å². The van der Waals surface area contributed by atoms with Crippen LogP contribution in [0.1, 0.15) is 25.8 Å². The number of nitrogens with one attached hydrogen (secondary N) is 1. The number of anilines is 1. The predicted octanol–water partition coefficient (Wildman–Crippen LogP) is 3.36. The highest BCUT2D eigenvalue weighted by molar-refractivity contribution is 7.89. The molecule has 146 valence electrons. The van der Waals surface area contributed by atoms with Gasteiger partial charge in [-0.3, -0.25) is 4.79 Å². The molecule has 0 bridgehead atoms. The van der Waals surface area contributed by atoms with Gasteiger partial charge in [-0.1, -0.05) is 26.0 Å². The lowest BCUT2D eigenvalue weighted by molar-refractivity contribution is -0.118. The molecule has 0 fully saturated rings. The minimum atomic E-state index is -3.51. The van der Waals surface area contributed by atoms with Crippen LogP contribution in [0.25, 0.3) is 0 Å². The van der Waals surface area contributed by atoms with E-state index in [0.29, 0.717) is 18.7 Å². The van der Waals surface area contributed by atoms with Crippen LogP contribution >= 0.6 is 0 Å². The standard InChI is InChI=1S/C20H25FN2O3S/c1-15(2)14-22-27(25,26)19-11-4-16(5-12-19)6-13-20(24)23(3)18-9-7-17(21)8-10-18/h4-5,7-12,15,22H,6,13-14H2,1-3H3. The summed E-state index contributed by atoms with van der Waals surface area (Å²) in [5.74, 6) is -0.224. The predicted molar refractivity (Wildman–Crippen MR) is 105 cm³/mol. The fourth-order valence-electron chi connectivity index (χ4n) is 2.42. The van der Waals surface area contributed by atoms with Gasteiger partial charge < -0.3 is 4.90 Å². The van der Waals surface area contributed by atoms with E-state index in [1.165, 1.54) is 17.0 Å². The summed E-state index contributed by atoms with van der Waals surface area (Å²) in [5.41, 5.74) is 1.50. The summed E-state index contributed by atoms with van der Waals surface area (Å²) < 4.78 is 39.9. The zero-order chi connectivity index (χ0) is 20.0. The van der Waals surface area contributed by atoms with Gasteiger partial charge in [0.1, 0.15) is 5.82 Å². The van der Waals surface area contributed by atoms with Crippen molar-refractivity contribution in [1.29, 1.82) is 0 Å². The summed E-state index contributed by atoms with van der Waals surface area (Å²) in [6.07, 6.45) is 0.760. The number of hydrogen-bond acceptors (Lipinski definition) is 3. The molecule has 7 heteroatoms. The largest absolute Gasteiger partial charge is 0.315 e. The summed E-state index contributed by atoms with van der Waals surface area (Å²) in [4.78, 5) is 14.0. The highest BCUT2D eigenvalue weighted by Gasteiger charge is 2.15. The lowest BCUT2D eigenvalue weighted by atomic mass is 10.1. The minimum absolute atomic E-state index is 0.100. The molecule has 0 saturated carbocycles. The van der Waals surface area contributed by atoms with E-state index in [2.05, 4.69) is 4.72 Å². The van der Waals surface area contributed by atoms with Crippen molar-refractivity contribution in [2.24, 2.45) is 5.92 Å². The van der Waals surface area contributed by atoms with Crippen molar-refractivity contribution in [3.63, 3.8) is 0 Å². The Labute approximate surface area is 160 Å². The lowest BCUT2D eigenvalue weighted by Gasteiger charge is -2.17. The zero-order valence-corrected chi connectivity index (χ0v) is 16.6. The topological polar surface area (TPSA) is 66.5 Å². The van der Waals surface area contributed by atoms with E-state index in [-0.39, 0.29) is 29.0 Å². The van der Waals surface area contributed by atoms with Crippen molar-refractivity contribution >= 4 is 21.6 Å². The van der Waals surface area contributed by atoms with Crippen LogP contribution in [-0.2, 0) is 21.2 Å². The molecule has 0 unspecified atom stereocenters. The number of carbonyl (C=O) groups excluding carboxylic acids is 1. The first-order valence-electron chi connectivity index (χ1n) is 8.80. The van der Waals surface area contributed by atoms with Gasteiger partial charge in [0, 0.05) is 25.7 Å². The maximum absolute atomic E-state index is 13.0. The second kappa shape index (κ2) is 9.10. The van der Waals surface area contributed by atoms with E-state index in [0.717, 1.165) is 5.56 Å². The maximum atomic E-state index is 13.0. The lowest BCUT2D eigenvalue weighted by Crippen LogP contribution is -2.27. The van der Waals surface area contributed by atoms with E-state index in [1.807, 2.05) is 13.8 Å². The normalized spacial score (nSPS) is 11.6. The number of nitrogens with zero attached hydrogens (tertiary/aromatic N) is 1. The number of benzene rings is 2. The molecule has 0 spiro atoms. The average Bonchev–Trinajstić information content (AvgIpc) is 2.65. The molecule has 1 N–H and O–H groups in total. The Morgan fingerprint density at radius 2 is 1.67 bits per heavy atom. The number of hydrogen-bond donors (Lipinski definition) is 1. The van der Waals surface area contributed by atoms with Crippen molar-refractivity contribution in [1.82, 2.24) is 4.72 Å².